The number of nitrogens with zero attached hydrogens (tertiary/aromatic N) is 1. The molecule has 0 saturated carbocycles. The van der Waals surface area contributed by atoms with Gasteiger partial charge in [0.05, 0.1) is 0 Å². The molecule has 1 N–H and O–H groups in total. The number of hydrogen-bond donors (Lipinski definition) is 1. The predicted molar refractivity (Wildman–Crippen MR) is 77.6 cm³/mol. The second-order valence-corrected chi connectivity index (χ2v) is 5.80. The average molecular weight is 282 g/mol. The molecule has 0 aliphatic carbocycles. The molecule has 0 aromatic heterocycles. The first-order valence-electron chi connectivity index (χ1n) is 7.47. The van der Waals surface area contributed by atoms with Gasteiger partial charge in [0.25, 0.3) is 0 Å². The van der Waals surface area contributed by atoms with Gasteiger partial charge in [-0.15, -0.1) is 0 Å². The first-order chi connectivity index (χ1) is 9.52. The molecule has 0 radical (unpaired) electrons. The van der Waals surface area contributed by atoms with E-state index >= 15 is 0 Å². The lowest BCUT2D eigenvalue weighted by Gasteiger charge is -2.42. The van der Waals surface area contributed by atoms with Gasteiger partial charge in [-0.05, 0) is 50.9 Å². The highest BCUT2D eigenvalue weighted by Crippen LogP contribution is 2.33. The Morgan fingerprint density at radius 1 is 1.30 bits per heavy atom. The first-order valence-corrected chi connectivity index (χ1v) is 7.47. The van der Waals surface area contributed by atoms with Crippen LogP contribution < -0.4 is 5.32 Å². The lowest BCUT2D eigenvalue weighted by atomic mass is 9.90. The summed E-state index contributed by atoms with van der Waals surface area (Å²) >= 11 is 0. The summed E-state index contributed by atoms with van der Waals surface area (Å²) in [6, 6.07) is 5.31. The summed E-state index contributed by atoms with van der Waals surface area (Å²) in [7, 11) is 0. The molecule has 112 valence electrons. The highest BCUT2D eigenvalue weighted by Gasteiger charge is 2.31. The molecule has 1 saturated heterocycles. The maximum Gasteiger partial charge on any atom is 0.159 e. The van der Waals surface area contributed by atoms with Crippen LogP contribution in [0.1, 0.15) is 45.2 Å². The van der Waals surface area contributed by atoms with Gasteiger partial charge in [0.15, 0.2) is 11.6 Å². The SMILES string of the molecule is CCN[C@@H]1CCN(C(C)C)[C@H](c2ccc(F)c(F)c2)C1. The van der Waals surface area contributed by atoms with Gasteiger partial charge in [-0.1, -0.05) is 13.0 Å². The largest absolute Gasteiger partial charge is 0.314 e. The fourth-order valence-electron chi connectivity index (χ4n) is 3.12. The molecule has 20 heavy (non-hydrogen) atoms. The van der Waals surface area contributed by atoms with E-state index < -0.39 is 11.6 Å². The fraction of sp³-hybridized carbons (Fsp3) is 0.625. The Hall–Kier alpha value is -1.00. The monoisotopic (exact) mass is 282 g/mol. The molecule has 2 rings (SSSR count). The predicted octanol–water partition coefficient (Wildman–Crippen LogP) is 3.49. The summed E-state index contributed by atoms with van der Waals surface area (Å²) in [6.07, 6.45) is 2.04. The maximum absolute atomic E-state index is 13.5. The van der Waals surface area contributed by atoms with Gasteiger partial charge in [0, 0.05) is 24.7 Å². The van der Waals surface area contributed by atoms with Crippen LogP contribution in [-0.2, 0) is 0 Å². The Morgan fingerprint density at radius 2 is 2.05 bits per heavy atom. The van der Waals surface area contributed by atoms with Crippen LogP contribution in [0.4, 0.5) is 8.78 Å². The Labute approximate surface area is 120 Å². The minimum Gasteiger partial charge on any atom is -0.314 e. The molecule has 2 atom stereocenters. The molecule has 1 aromatic rings. The molecular weight excluding hydrogens is 258 g/mol. The quantitative estimate of drug-likeness (QED) is 0.909. The van der Waals surface area contributed by atoms with Gasteiger partial charge < -0.3 is 5.32 Å². The van der Waals surface area contributed by atoms with Crippen LogP contribution in [0.15, 0.2) is 18.2 Å². The van der Waals surface area contributed by atoms with E-state index in [-0.39, 0.29) is 6.04 Å². The second-order valence-electron chi connectivity index (χ2n) is 5.80. The number of hydrogen-bond acceptors (Lipinski definition) is 2. The summed E-state index contributed by atoms with van der Waals surface area (Å²) in [5.41, 5.74) is 0.875. The molecule has 1 aromatic carbocycles. The van der Waals surface area contributed by atoms with Gasteiger partial charge in [0.1, 0.15) is 0 Å². The van der Waals surface area contributed by atoms with Crippen LogP contribution in [0.3, 0.4) is 0 Å². The Balaban J connectivity index is 2.24. The van der Waals surface area contributed by atoms with Crippen molar-refractivity contribution in [2.24, 2.45) is 0 Å². The Kier molecular flexibility index (Phi) is 5.11. The molecule has 1 aliphatic rings. The zero-order chi connectivity index (χ0) is 14.7. The van der Waals surface area contributed by atoms with Gasteiger partial charge >= 0.3 is 0 Å². The third-order valence-corrected chi connectivity index (χ3v) is 4.13. The van der Waals surface area contributed by atoms with E-state index in [1.165, 1.54) is 12.1 Å². The van der Waals surface area contributed by atoms with E-state index in [0.717, 1.165) is 31.5 Å². The average Bonchev–Trinajstić information content (AvgIpc) is 2.42. The van der Waals surface area contributed by atoms with Crippen molar-refractivity contribution in [3.63, 3.8) is 0 Å². The molecular formula is C16H24F2N2. The van der Waals surface area contributed by atoms with E-state index in [0.29, 0.717) is 12.1 Å². The van der Waals surface area contributed by atoms with Crippen LogP contribution in [0.2, 0.25) is 0 Å². The fourth-order valence-corrected chi connectivity index (χ4v) is 3.12. The standard InChI is InChI=1S/C16H24F2N2/c1-4-19-13-7-8-20(11(2)3)16(10-13)12-5-6-14(17)15(18)9-12/h5-6,9,11,13,16,19H,4,7-8,10H2,1-3H3/t13-,16+/m1/s1. The van der Waals surface area contributed by atoms with Crippen molar-refractivity contribution in [2.75, 3.05) is 13.1 Å². The maximum atomic E-state index is 13.5. The minimum absolute atomic E-state index is 0.155. The van der Waals surface area contributed by atoms with Crippen LogP contribution in [0.5, 0.6) is 0 Å². The second kappa shape index (κ2) is 6.64. The van der Waals surface area contributed by atoms with Crippen LogP contribution in [0, 0.1) is 11.6 Å². The van der Waals surface area contributed by atoms with Crippen molar-refractivity contribution in [3.05, 3.63) is 35.4 Å². The number of benzene rings is 1. The Bertz CT molecular complexity index is 448. The van der Waals surface area contributed by atoms with Crippen LogP contribution in [-0.4, -0.2) is 30.1 Å². The normalized spacial score (nSPS) is 24.3. The van der Waals surface area contributed by atoms with E-state index in [9.17, 15) is 8.78 Å². The highest BCUT2D eigenvalue weighted by atomic mass is 19.2. The van der Waals surface area contributed by atoms with Crippen molar-refractivity contribution in [1.29, 1.82) is 0 Å². The molecule has 1 aliphatic heterocycles. The van der Waals surface area contributed by atoms with Gasteiger partial charge in [-0.3, -0.25) is 4.90 Å². The topological polar surface area (TPSA) is 15.3 Å². The van der Waals surface area contributed by atoms with Crippen LogP contribution in [0.25, 0.3) is 0 Å². The third kappa shape index (κ3) is 3.36. The van der Waals surface area contributed by atoms with Crippen LogP contribution >= 0.6 is 0 Å². The van der Waals surface area contributed by atoms with Gasteiger partial charge in [-0.2, -0.15) is 0 Å². The molecule has 0 spiro atoms. The number of rotatable bonds is 4. The molecule has 0 amide bonds. The van der Waals surface area contributed by atoms with Crippen molar-refractivity contribution in [2.45, 2.75) is 51.7 Å². The number of likely N-dealkylation sites (tertiary alicyclic amines) is 1. The lowest BCUT2D eigenvalue weighted by Crippen LogP contribution is -2.46. The molecule has 0 bridgehead atoms. The molecule has 1 heterocycles. The third-order valence-electron chi connectivity index (χ3n) is 4.13. The summed E-state index contributed by atoms with van der Waals surface area (Å²) < 4.78 is 26.6. The molecule has 4 heteroatoms. The molecule has 2 nitrogen and oxygen atoms in total. The number of halogens is 2. The zero-order valence-corrected chi connectivity index (χ0v) is 12.5. The van der Waals surface area contributed by atoms with Crippen molar-refractivity contribution in [1.82, 2.24) is 10.2 Å². The zero-order valence-electron chi connectivity index (χ0n) is 12.5. The lowest BCUT2D eigenvalue weighted by molar-refractivity contribution is 0.0927. The van der Waals surface area contributed by atoms with E-state index in [1.54, 1.807) is 6.07 Å². The van der Waals surface area contributed by atoms with Crippen molar-refractivity contribution in [3.8, 4) is 0 Å². The van der Waals surface area contributed by atoms with E-state index in [2.05, 4.69) is 31.0 Å². The molecule has 1 fully saturated rings. The summed E-state index contributed by atoms with van der Waals surface area (Å²) in [6.45, 7) is 8.33. The first kappa shape index (κ1) is 15.4. The summed E-state index contributed by atoms with van der Waals surface area (Å²) in [5, 5.41) is 3.48. The summed E-state index contributed by atoms with van der Waals surface area (Å²) in [5.74, 6) is -1.53. The number of nitrogens with one attached hydrogen (secondary N) is 1. The van der Waals surface area contributed by atoms with Gasteiger partial charge in [-0.25, -0.2) is 8.78 Å². The van der Waals surface area contributed by atoms with Gasteiger partial charge in [0.2, 0.25) is 0 Å². The van der Waals surface area contributed by atoms with Crippen molar-refractivity contribution >= 4 is 0 Å². The minimum atomic E-state index is -0.774. The highest BCUT2D eigenvalue weighted by molar-refractivity contribution is 5.22. The van der Waals surface area contributed by atoms with E-state index in [1.807, 2.05) is 0 Å². The van der Waals surface area contributed by atoms with E-state index in [4.69, 9.17) is 0 Å². The Morgan fingerprint density at radius 3 is 2.65 bits per heavy atom. The smallest absolute Gasteiger partial charge is 0.159 e. The molecule has 0 unspecified atom stereocenters. The summed E-state index contributed by atoms with van der Waals surface area (Å²) in [4.78, 5) is 2.38. The number of piperidine rings is 1. The van der Waals surface area contributed by atoms with Crippen molar-refractivity contribution < 1.29 is 8.78 Å².